The smallest absolute Gasteiger partial charge is 0.280 e. The van der Waals surface area contributed by atoms with Gasteiger partial charge in [-0.1, -0.05) is 19.3 Å². The molecule has 1 aliphatic heterocycles. The summed E-state index contributed by atoms with van der Waals surface area (Å²) in [4.78, 5) is 0. The van der Waals surface area contributed by atoms with Gasteiger partial charge >= 0.3 is 0 Å². The van der Waals surface area contributed by atoms with Crippen molar-refractivity contribution in [1.29, 1.82) is 0 Å². The van der Waals surface area contributed by atoms with Crippen LogP contribution in [0.25, 0.3) is 0 Å². The van der Waals surface area contributed by atoms with Gasteiger partial charge < -0.3 is 9.47 Å². The van der Waals surface area contributed by atoms with Crippen molar-refractivity contribution in [2.24, 2.45) is 0 Å². The number of benzene rings is 1. The maximum atomic E-state index is 12.9. The van der Waals surface area contributed by atoms with Gasteiger partial charge in [0.05, 0.1) is 14.2 Å². The first kappa shape index (κ1) is 19.5. The third-order valence-electron chi connectivity index (χ3n) is 5.54. The van der Waals surface area contributed by atoms with Gasteiger partial charge in [0.25, 0.3) is 10.2 Å². The van der Waals surface area contributed by atoms with E-state index in [0.29, 0.717) is 24.6 Å². The molecule has 26 heavy (non-hydrogen) atoms. The van der Waals surface area contributed by atoms with Gasteiger partial charge in [-0.15, -0.1) is 0 Å². The summed E-state index contributed by atoms with van der Waals surface area (Å²) in [5.74, 6) is 1.36. The Kier molecular flexibility index (Phi) is 5.51. The van der Waals surface area contributed by atoms with E-state index < -0.39 is 10.2 Å². The van der Waals surface area contributed by atoms with Crippen LogP contribution in [0.3, 0.4) is 0 Å². The normalized spacial score (nSPS) is 20.2. The molecule has 3 rings (SSSR count). The summed E-state index contributed by atoms with van der Waals surface area (Å²) in [5.41, 5.74) is 2.10. The van der Waals surface area contributed by atoms with E-state index >= 15 is 0 Å². The van der Waals surface area contributed by atoms with Crippen molar-refractivity contribution in [3.05, 3.63) is 23.3 Å². The van der Waals surface area contributed by atoms with Crippen molar-refractivity contribution in [1.82, 2.24) is 9.03 Å². The van der Waals surface area contributed by atoms with Crippen molar-refractivity contribution in [3.63, 3.8) is 0 Å². The molecule has 0 amide bonds. The van der Waals surface area contributed by atoms with Crippen molar-refractivity contribution in [2.75, 3.05) is 20.8 Å². The highest BCUT2D eigenvalue weighted by Gasteiger charge is 2.44. The summed E-state index contributed by atoms with van der Waals surface area (Å²) < 4.78 is 41.0. The molecule has 1 spiro atoms. The minimum atomic E-state index is -3.52. The second kappa shape index (κ2) is 7.37. The Balaban J connectivity index is 2.08. The fraction of sp³-hybridized carbons (Fsp3) is 0.684. The monoisotopic (exact) mass is 382 g/mol. The molecule has 0 atom stereocenters. The lowest BCUT2D eigenvalue weighted by Gasteiger charge is -2.46. The zero-order chi connectivity index (χ0) is 18.9. The highest BCUT2D eigenvalue weighted by molar-refractivity contribution is 7.87. The van der Waals surface area contributed by atoms with Gasteiger partial charge in [-0.2, -0.15) is 17.4 Å². The largest absolute Gasteiger partial charge is 0.493 e. The zero-order valence-corrected chi connectivity index (χ0v) is 17.0. The average Bonchev–Trinajstić information content (AvgIpc) is 2.60. The first-order valence-corrected chi connectivity index (χ1v) is 10.8. The Labute approximate surface area is 157 Å². The van der Waals surface area contributed by atoms with Crippen molar-refractivity contribution in [2.45, 2.75) is 64.0 Å². The summed E-state index contributed by atoms with van der Waals surface area (Å²) in [5, 5.41) is 0. The number of hydrogen-bond acceptors (Lipinski definition) is 4. The Morgan fingerprint density at radius 3 is 2.27 bits per heavy atom. The number of rotatable bonds is 5. The van der Waals surface area contributed by atoms with Crippen LogP contribution in [0, 0.1) is 0 Å². The van der Waals surface area contributed by atoms with Gasteiger partial charge in [0.1, 0.15) is 0 Å². The van der Waals surface area contributed by atoms with Gasteiger partial charge in [-0.05, 0) is 49.9 Å². The minimum Gasteiger partial charge on any atom is -0.493 e. The van der Waals surface area contributed by atoms with Crippen molar-refractivity contribution < 1.29 is 17.9 Å². The van der Waals surface area contributed by atoms with Crippen LogP contribution in [-0.2, 0) is 22.2 Å². The van der Waals surface area contributed by atoms with E-state index in [1.165, 1.54) is 12.0 Å². The molecule has 0 bridgehead atoms. The fourth-order valence-electron chi connectivity index (χ4n) is 4.41. The Morgan fingerprint density at radius 2 is 1.69 bits per heavy atom. The highest BCUT2D eigenvalue weighted by Crippen LogP contribution is 2.48. The maximum Gasteiger partial charge on any atom is 0.280 e. The molecular weight excluding hydrogens is 352 g/mol. The number of nitrogens with one attached hydrogen (secondary N) is 1. The number of hydrogen-bond donors (Lipinski definition) is 1. The standard InChI is InChI=1S/C19H30N2O4S/c1-14(2)20-26(22,23)21-12-15-10-17(24-3)18(25-4)11-16(15)19(13-21)8-6-5-7-9-19/h10-11,14,20H,5-9,12-13H2,1-4H3. The first-order valence-electron chi connectivity index (χ1n) is 9.34. The summed E-state index contributed by atoms with van der Waals surface area (Å²) in [6, 6.07) is 3.88. The van der Waals surface area contributed by atoms with Crippen LogP contribution < -0.4 is 14.2 Å². The van der Waals surface area contributed by atoms with Crippen molar-refractivity contribution in [3.8, 4) is 11.5 Å². The average molecular weight is 383 g/mol. The molecule has 6 nitrogen and oxygen atoms in total. The van der Waals surface area contributed by atoms with E-state index in [9.17, 15) is 8.42 Å². The summed E-state index contributed by atoms with van der Waals surface area (Å²) in [6.45, 7) is 4.58. The van der Waals surface area contributed by atoms with E-state index in [-0.39, 0.29) is 11.5 Å². The molecule has 0 radical (unpaired) electrons. The molecular formula is C19H30N2O4S. The van der Waals surface area contributed by atoms with Crippen molar-refractivity contribution >= 4 is 10.2 Å². The lowest BCUT2D eigenvalue weighted by molar-refractivity contribution is 0.203. The third kappa shape index (κ3) is 3.57. The van der Waals surface area contributed by atoms with E-state index in [2.05, 4.69) is 10.8 Å². The van der Waals surface area contributed by atoms with Crippen LogP contribution >= 0.6 is 0 Å². The van der Waals surface area contributed by atoms with E-state index in [0.717, 1.165) is 31.2 Å². The van der Waals surface area contributed by atoms with E-state index in [1.54, 1.807) is 18.5 Å². The summed E-state index contributed by atoms with van der Waals surface area (Å²) >= 11 is 0. The molecule has 1 aromatic rings. The Bertz CT molecular complexity index is 755. The zero-order valence-electron chi connectivity index (χ0n) is 16.2. The van der Waals surface area contributed by atoms with Gasteiger partial charge in [-0.3, -0.25) is 0 Å². The molecule has 2 aliphatic rings. The molecule has 146 valence electrons. The number of nitrogens with zero attached hydrogens (tertiary/aromatic N) is 1. The van der Waals surface area contributed by atoms with Gasteiger partial charge in [-0.25, -0.2) is 0 Å². The quantitative estimate of drug-likeness (QED) is 0.850. The molecule has 7 heteroatoms. The number of fused-ring (bicyclic) bond motifs is 2. The van der Waals surface area contributed by atoms with Crippen LogP contribution in [0.2, 0.25) is 0 Å². The lowest BCUT2D eigenvalue weighted by atomic mass is 9.66. The minimum absolute atomic E-state index is 0.130. The predicted octanol–water partition coefficient (Wildman–Crippen LogP) is 2.96. The first-order chi connectivity index (χ1) is 12.3. The molecule has 1 saturated carbocycles. The number of methoxy groups -OCH3 is 2. The summed E-state index contributed by atoms with van der Waals surface area (Å²) in [7, 11) is -0.272. The van der Waals surface area contributed by atoms with E-state index in [1.807, 2.05) is 19.9 Å². The molecule has 1 aliphatic carbocycles. The second-order valence-corrected chi connectivity index (χ2v) is 9.45. The molecule has 1 N–H and O–H groups in total. The topological polar surface area (TPSA) is 67.9 Å². The molecule has 0 saturated heterocycles. The van der Waals surface area contributed by atoms with Gasteiger partial charge in [0, 0.05) is 24.5 Å². The molecule has 0 aromatic heterocycles. The van der Waals surface area contributed by atoms with Gasteiger partial charge in [0.15, 0.2) is 11.5 Å². The number of ether oxygens (including phenoxy) is 2. The van der Waals surface area contributed by atoms with Crippen LogP contribution in [0.4, 0.5) is 0 Å². The van der Waals surface area contributed by atoms with Crippen LogP contribution in [0.15, 0.2) is 12.1 Å². The maximum absolute atomic E-state index is 12.9. The third-order valence-corrected chi connectivity index (χ3v) is 7.25. The van der Waals surface area contributed by atoms with Crippen LogP contribution in [0.5, 0.6) is 11.5 Å². The predicted molar refractivity (Wildman–Crippen MR) is 102 cm³/mol. The highest BCUT2D eigenvalue weighted by atomic mass is 32.2. The fourth-order valence-corrected chi connectivity index (χ4v) is 5.88. The second-order valence-electron chi connectivity index (χ2n) is 7.75. The SMILES string of the molecule is COc1cc2c(cc1OC)C1(CCCCC1)CN(S(=O)(=O)NC(C)C)C2. The Morgan fingerprint density at radius 1 is 1.08 bits per heavy atom. The lowest BCUT2D eigenvalue weighted by Crippen LogP contribution is -2.52. The van der Waals surface area contributed by atoms with Crippen LogP contribution in [-0.4, -0.2) is 39.5 Å². The molecule has 0 unspecified atom stereocenters. The summed E-state index contributed by atoms with van der Waals surface area (Å²) in [6.07, 6.45) is 5.46. The molecule has 1 fully saturated rings. The Hall–Kier alpha value is -1.31. The van der Waals surface area contributed by atoms with Crippen LogP contribution in [0.1, 0.15) is 57.1 Å². The molecule has 1 heterocycles. The van der Waals surface area contributed by atoms with E-state index in [4.69, 9.17) is 9.47 Å². The van der Waals surface area contributed by atoms with Gasteiger partial charge in [0.2, 0.25) is 0 Å². The molecule has 1 aromatic carbocycles.